The number of benzene rings is 3. The topological polar surface area (TPSA) is 463 Å². The number of carboxylic acids is 1. The lowest BCUT2D eigenvalue weighted by Crippen LogP contribution is -2.60. The number of hydrogen-bond acceptors (Lipinski definition) is 12. The molecule has 3 aromatic carbocycles. The van der Waals surface area contributed by atoms with Crippen molar-refractivity contribution in [2.75, 3.05) is 25.4 Å². The molecule has 0 radical (unpaired) electrons. The number of fused-ring (bicyclic) bond motifs is 2. The maximum Gasteiger partial charge on any atom is 0.326 e. The van der Waals surface area contributed by atoms with Crippen LogP contribution in [0.2, 0.25) is 0 Å². The number of thiol groups is 1. The molecule has 2 aromatic heterocycles. The number of carboxylic acid groups (broad SMARTS) is 1. The molecule has 0 saturated heterocycles. The predicted octanol–water partition coefficient (Wildman–Crippen LogP) is -1.91. The van der Waals surface area contributed by atoms with Crippen molar-refractivity contribution in [2.45, 2.75) is 100 Å². The Morgan fingerprint density at radius 2 is 0.835 bits per heavy atom. The summed E-state index contributed by atoms with van der Waals surface area (Å²) >= 11 is 4.39. The SMILES string of the molecule is NC(N)=NCCC[C@H](NC(=O)[C@H](CS)NC(=O)[C@H](Cc1c[nH]c2ccccc12)NC(=O)[C@H](Cc1c[nH]c2ccccc12)NC(=O)[C@H](CCCN=C(N)N)NC(=O)[C@@H](N)CCCN=C(N)N)C(=O)N[C@@H](Cc1ccccc1)C(=O)O. The fourth-order valence-electron chi connectivity index (χ4n) is 8.54. The Bertz CT molecular complexity index is 2950. The van der Waals surface area contributed by atoms with E-state index in [0.29, 0.717) is 23.1 Å². The molecule has 26 nitrogen and oxygen atoms in total. The average Bonchev–Trinajstić information content (AvgIpc) is 4.06. The van der Waals surface area contributed by atoms with Crippen LogP contribution in [0.4, 0.5) is 0 Å². The Morgan fingerprint density at radius 3 is 1.28 bits per heavy atom. The maximum absolute atomic E-state index is 14.9. The lowest BCUT2D eigenvalue weighted by atomic mass is 10.0. The number of aromatic amines is 2. The number of nitrogens with two attached hydrogens (primary N) is 7. The number of aliphatic carboxylic acids is 1. The molecule has 0 spiro atoms. The second-order valence-corrected chi connectivity index (χ2v) is 19.0. The number of aliphatic imine (C=N–C) groups is 3. The van der Waals surface area contributed by atoms with Gasteiger partial charge in [-0.3, -0.25) is 43.7 Å². The third-order valence-corrected chi connectivity index (χ3v) is 13.0. The zero-order valence-corrected chi connectivity index (χ0v) is 44.4. The number of rotatable bonds is 32. The van der Waals surface area contributed by atoms with Crippen LogP contribution in [0.15, 0.2) is 106 Å². The van der Waals surface area contributed by atoms with E-state index >= 15 is 0 Å². The van der Waals surface area contributed by atoms with Crippen molar-refractivity contribution in [3.8, 4) is 0 Å². The molecule has 7 atom stereocenters. The molecule has 5 rings (SSSR count). The molecule has 79 heavy (non-hydrogen) atoms. The highest BCUT2D eigenvalue weighted by atomic mass is 32.1. The minimum atomic E-state index is -1.43. The fourth-order valence-corrected chi connectivity index (χ4v) is 8.80. The summed E-state index contributed by atoms with van der Waals surface area (Å²) in [6, 6.07) is 14.0. The van der Waals surface area contributed by atoms with E-state index in [9.17, 15) is 38.7 Å². The van der Waals surface area contributed by atoms with Gasteiger partial charge in [0, 0.05) is 78.8 Å². The van der Waals surface area contributed by atoms with Crippen LogP contribution in [0.5, 0.6) is 0 Å². The smallest absolute Gasteiger partial charge is 0.326 e. The Labute approximate surface area is 461 Å². The molecule has 0 aliphatic rings. The van der Waals surface area contributed by atoms with Crippen LogP contribution in [0, 0.1) is 0 Å². The number of amides is 6. The van der Waals surface area contributed by atoms with Crippen LogP contribution in [0.25, 0.3) is 21.8 Å². The van der Waals surface area contributed by atoms with E-state index in [1.165, 1.54) is 0 Å². The van der Waals surface area contributed by atoms with Gasteiger partial charge in [0.15, 0.2) is 17.9 Å². The minimum Gasteiger partial charge on any atom is -0.480 e. The van der Waals surface area contributed by atoms with E-state index in [2.05, 4.69) is 69.5 Å². The zero-order chi connectivity index (χ0) is 57.4. The number of nitrogens with one attached hydrogen (secondary N) is 8. The zero-order valence-electron chi connectivity index (χ0n) is 43.5. The second kappa shape index (κ2) is 30.8. The largest absolute Gasteiger partial charge is 0.480 e. The van der Waals surface area contributed by atoms with E-state index in [0.717, 1.165) is 21.8 Å². The summed E-state index contributed by atoms with van der Waals surface area (Å²) in [5, 5.41) is 27.7. The first-order chi connectivity index (χ1) is 37.8. The number of carbonyl (C=O) groups excluding carboxylic acids is 6. The van der Waals surface area contributed by atoms with Gasteiger partial charge < -0.3 is 87.1 Å². The van der Waals surface area contributed by atoms with E-state index in [-0.39, 0.29) is 94.6 Å². The summed E-state index contributed by atoms with van der Waals surface area (Å²) in [6.07, 6.45) is 3.99. The first-order valence-electron chi connectivity index (χ1n) is 25.5. The molecule has 27 heteroatoms. The standard InChI is InChI=1S/C52H72N18O8S/c53-34(15-8-20-60-50(54)55)43(71)65-37(18-9-21-61-51(56)57)44(72)67-39(24-30-26-63-35-16-6-4-13-32(30)35)46(74)68-40(25-31-27-64-36-17-7-5-14-33(31)36)47(75)70-42(28-79)48(76)66-38(19-10-22-62-52(58)59)45(73)69-41(49(77)78)23-29-11-2-1-3-12-29/h1-7,11-14,16-17,26-27,34,37-42,63-64,79H,8-10,15,18-25,28,53H2,(H,65,71)(H,66,76)(H,67,72)(H,68,74)(H,69,73)(H,70,75)(H,77,78)(H4,54,55,60)(H4,56,57,61)(H4,58,59,62)/t34-,37-,38-,39-,40-,41-,42-/m0/s1. The fraction of sp³-hybridized carbons (Fsp3) is 0.385. The summed E-state index contributed by atoms with van der Waals surface area (Å²) in [7, 11) is 0. The van der Waals surface area contributed by atoms with Gasteiger partial charge in [-0.25, -0.2) is 4.79 Å². The van der Waals surface area contributed by atoms with Crippen LogP contribution in [0.3, 0.4) is 0 Å². The Kier molecular flexibility index (Phi) is 23.8. The summed E-state index contributed by atoms with van der Waals surface area (Å²) in [5.41, 5.74) is 42.5. The Balaban J connectivity index is 1.44. The highest BCUT2D eigenvalue weighted by Gasteiger charge is 2.34. The minimum absolute atomic E-state index is 0.0158. The van der Waals surface area contributed by atoms with Crippen molar-refractivity contribution in [1.82, 2.24) is 41.9 Å². The third kappa shape index (κ3) is 19.6. The molecule has 0 aliphatic heterocycles. The van der Waals surface area contributed by atoms with Gasteiger partial charge in [0.25, 0.3) is 0 Å². The van der Waals surface area contributed by atoms with Gasteiger partial charge in [0.2, 0.25) is 35.4 Å². The van der Waals surface area contributed by atoms with E-state index in [4.69, 9.17) is 40.1 Å². The lowest BCUT2D eigenvalue weighted by Gasteiger charge is -2.27. The van der Waals surface area contributed by atoms with Gasteiger partial charge in [0.1, 0.15) is 36.3 Å². The number of aromatic nitrogens is 2. The van der Waals surface area contributed by atoms with Crippen LogP contribution >= 0.6 is 12.6 Å². The summed E-state index contributed by atoms with van der Waals surface area (Å²) in [6.45, 7) is 0.394. The first kappa shape index (κ1) is 61.0. The summed E-state index contributed by atoms with van der Waals surface area (Å²) in [4.78, 5) is 116. The lowest BCUT2D eigenvalue weighted by molar-refractivity contribution is -0.142. The third-order valence-electron chi connectivity index (χ3n) is 12.6. The highest BCUT2D eigenvalue weighted by molar-refractivity contribution is 7.80. The van der Waals surface area contributed by atoms with Crippen molar-refractivity contribution in [1.29, 1.82) is 0 Å². The molecule has 6 amide bonds. The van der Waals surface area contributed by atoms with Crippen LogP contribution in [0.1, 0.15) is 55.2 Å². The Hall–Kier alpha value is -8.85. The molecular formula is C52H72N18O8S. The Morgan fingerprint density at radius 1 is 0.468 bits per heavy atom. The number of nitrogens with zero attached hydrogens (tertiary/aromatic N) is 3. The molecule has 0 aliphatic carbocycles. The number of guanidine groups is 3. The van der Waals surface area contributed by atoms with Crippen LogP contribution in [-0.2, 0) is 52.8 Å². The first-order valence-corrected chi connectivity index (χ1v) is 26.2. The second-order valence-electron chi connectivity index (χ2n) is 18.7. The molecule has 2 heterocycles. The van der Waals surface area contributed by atoms with Crippen molar-refractivity contribution in [3.05, 3.63) is 108 Å². The van der Waals surface area contributed by atoms with E-state index < -0.39 is 83.7 Å². The number of hydrogen-bond donors (Lipinski definition) is 17. The highest BCUT2D eigenvalue weighted by Crippen LogP contribution is 2.22. The molecule has 0 unspecified atom stereocenters. The van der Waals surface area contributed by atoms with Crippen molar-refractivity contribution in [2.24, 2.45) is 55.1 Å². The van der Waals surface area contributed by atoms with E-state index in [1.54, 1.807) is 48.8 Å². The quantitative estimate of drug-likeness (QED) is 0.00967. The van der Waals surface area contributed by atoms with Crippen molar-refractivity contribution < 1.29 is 38.7 Å². The maximum atomic E-state index is 14.9. The van der Waals surface area contributed by atoms with Gasteiger partial charge in [0.05, 0.1) is 6.04 Å². The van der Waals surface area contributed by atoms with Crippen molar-refractivity contribution >= 4 is 93.7 Å². The van der Waals surface area contributed by atoms with Crippen LogP contribution in [-0.4, -0.2) is 142 Å². The predicted molar refractivity (Wildman–Crippen MR) is 305 cm³/mol. The van der Waals surface area contributed by atoms with E-state index in [1.807, 2.05) is 42.5 Å². The molecule has 0 saturated carbocycles. The molecule has 23 N–H and O–H groups in total. The van der Waals surface area contributed by atoms with Gasteiger partial charge in [-0.15, -0.1) is 0 Å². The van der Waals surface area contributed by atoms with Gasteiger partial charge in [-0.1, -0.05) is 66.7 Å². The molecule has 424 valence electrons. The number of H-pyrrole nitrogens is 2. The van der Waals surface area contributed by atoms with Gasteiger partial charge >= 0.3 is 5.97 Å². The molecule has 5 aromatic rings. The average molecular weight is 1110 g/mol. The van der Waals surface area contributed by atoms with Gasteiger partial charge in [-0.2, -0.15) is 12.6 Å². The van der Waals surface area contributed by atoms with Crippen LogP contribution < -0.4 is 72.0 Å². The molecular weight excluding hydrogens is 1040 g/mol. The number of carbonyl (C=O) groups is 7. The number of para-hydroxylation sites is 2. The normalized spacial score (nSPS) is 13.7. The monoisotopic (exact) mass is 1110 g/mol. The van der Waals surface area contributed by atoms with Gasteiger partial charge in [-0.05, 0) is 67.3 Å². The summed E-state index contributed by atoms with van der Waals surface area (Å²) < 4.78 is 0. The molecule has 0 bridgehead atoms. The summed E-state index contributed by atoms with van der Waals surface area (Å²) in [5.74, 6) is -6.86. The van der Waals surface area contributed by atoms with Crippen molar-refractivity contribution in [3.63, 3.8) is 0 Å². The molecule has 0 fully saturated rings.